The number of hydrogen-bond acceptors (Lipinski definition) is 7. The molecule has 0 amide bonds. The molecule has 26 heavy (non-hydrogen) atoms. The van der Waals surface area contributed by atoms with Crippen LogP contribution in [-0.4, -0.2) is 29.2 Å². The molecule has 2 aromatic heterocycles. The maximum atomic E-state index is 12.7. The predicted molar refractivity (Wildman–Crippen MR) is 105 cm³/mol. The first kappa shape index (κ1) is 18.7. The molecule has 0 radical (unpaired) electrons. The molecule has 1 unspecified atom stereocenters. The number of thioether (sulfide) groups is 1. The fourth-order valence-corrected chi connectivity index (χ4v) is 5.03. The molecule has 5 nitrogen and oxygen atoms in total. The van der Waals surface area contributed by atoms with Gasteiger partial charge in [-0.15, -0.1) is 11.3 Å². The number of ether oxygens (including phenoxy) is 2. The van der Waals surface area contributed by atoms with Crippen molar-refractivity contribution >= 4 is 39.3 Å². The van der Waals surface area contributed by atoms with Gasteiger partial charge in [0.05, 0.1) is 23.4 Å². The molecule has 0 fully saturated rings. The van der Waals surface area contributed by atoms with E-state index in [0.717, 1.165) is 25.9 Å². The van der Waals surface area contributed by atoms with E-state index in [1.165, 1.54) is 23.1 Å². The Bertz CT molecular complexity index is 898. The van der Waals surface area contributed by atoms with Gasteiger partial charge in [-0.25, -0.2) is 4.98 Å². The number of hydrogen-bond donors (Lipinski definition) is 0. The van der Waals surface area contributed by atoms with Crippen LogP contribution in [0.25, 0.3) is 10.2 Å². The molecular weight excluding hydrogens is 368 g/mol. The van der Waals surface area contributed by atoms with Crippen molar-refractivity contribution in [2.75, 3.05) is 13.2 Å². The highest BCUT2D eigenvalue weighted by Gasteiger charge is 2.39. The van der Waals surface area contributed by atoms with Gasteiger partial charge in [-0.3, -0.25) is 9.78 Å². The first-order chi connectivity index (χ1) is 12.6. The number of fused-ring (bicyclic) bond motifs is 1. The number of aromatic nitrogens is 2. The van der Waals surface area contributed by atoms with Crippen molar-refractivity contribution in [3.8, 4) is 5.75 Å². The van der Waals surface area contributed by atoms with Crippen molar-refractivity contribution in [3.05, 3.63) is 48.3 Å². The summed E-state index contributed by atoms with van der Waals surface area (Å²) < 4.78 is 11.8. The van der Waals surface area contributed by atoms with E-state index in [2.05, 4.69) is 9.97 Å². The molecule has 0 aliphatic carbocycles. The second kappa shape index (κ2) is 8.05. The quantitative estimate of drug-likeness (QED) is 0.433. The van der Waals surface area contributed by atoms with E-state index in [-0.39, 0.29) is 5.97 Å². The smallest absolute Gasteiger partial charge is 0.326 e. The van der Waals surface area contributed by atoms with E-state index >= 15 is 0 Å². The number of benzene rings is 1. The molecule has 3 aromatic rings. The molecule has 7 heteroatoms. The maximum Gasteiger partial charge on any atom is 0.326 e. The van der Waals surface area contributed by atoms with Crippen molar-refractivity contribution in [2.24, 2.45) is 0 Å². The van der Waals surface area contributed by atoms with E-state index in [1.807, 2.05) is 44.2 Å². The van der Waals surface area contributed by atoms with Crippen LogP contribution in [0.3, 0.4) is 0 Å². The number of carbonyl (C=O) groups excluding carboxylic acids is 1. The summed E-state index contributed by atoms with van der Waals surface area (Å²) in [5.74, 6) is 0.521. The maximum absolute atomic E-state index is 12.7. The summed E-state index contributed by atoms with van der Waals surface area (Å²) in [5.41, 5.74) is 1.68. The van der Waals surface area contributed by atoms with Gasteiger partial charge in [-0.1, -0.05) is 17.8 Å². The summed E-state index contributed by atoms with van der Waals surface area (Å²) in [6.07, 6.45) is 3.39. The third kappa shape index (κ3) is 3.83. The average Bonchev–Trinajstić information content (AvgIpc) is 3.04. The van der Waals surface area contributed by atoms with Crippen molar-refractivity contribution in [1.29, 1.82) is 0 Å². The Hall–Kier alpha value is -2.12. The molecule has 0 spiro atoms. The van der Waals surface area contributed by atoms with Crippen LogP contribution in [0.2, 0.25) is 0 Å². The van der Waals surface area contributed by atoms with Gasteiger partial charge in [-0.05, 0) is 50.6 Å². The van der Waals surface area contributed by atoms with E-state index in [1.54, 1.807) is 19.3 Å². The molecule has 0 saturated heterocycles. The van der Waals surface area contributed by atoms with E-state index in [9.17, 15) is 4.79 Å². The van der Waals surface area contributed by atoms with Crippen LogP contribution in [0, 0.1) is 0 Å². The van der Waals surface area contributed by atoms with Crippen LogP contribution in [-0.2, 0) is 14.3 Å². The zero-order valence-corrected chi connectivity index (χ0v) is 16.5. The van der Waals surface area contributed by atoms with Gasteiger partial charge in [0.2, 0.25) is 0 Å². The Kier molecular flexibility index (Phi) is 5.78. The zero-order chi connectivity index (χ0) is 18.6. The lowest BCUT2D eigenvalue weighted by Crippen LogP contribution is -2.31. The van der Waals surface area contributed by atoms with Crippen LogP contribution in [0.4, 0.5) is 0 Å². The molecule has 1 atom stereocenters. The highest BCUT2D eigenvalue weighted by Crippen LogP contribution is 2.44. The van der Waals surface area contributed by atoms with Crippen LogP contribution >= 0.6 is 23.1 Å². The SMILES string of the molecule is CCOC(=O)C(C)(Sc1nc2ccc(OCC)cc2s1)c1cccnc1. The minimum absolute atomic E-state index is 0.299. The lowest BCUT2D eigenvalue weighted by Gasteiger charge is -2.25. The Morgan fingerprint density at radius 1 is 1.27 bits per heavy atom. The Labute approximate surface area is 160 Å². The van der Waals surface area contributed by atoms with Gasteiger partial charge in [0.25, 0.3) is 0 Å². The molecule has 0 bridgehead atoms. The number of thiazole rings is 1. The number of pyridine rings is 1. The molecule has 3 rings (SSSR count). The second-order valence-corrected chi connectivity index (χ2v) is 8.34. The first-order valence-electron chi connectivity index (χ1n) is 8.37. The zero-order valence-electron chi connectivity index (χ0n) is 14.9. The van der Waals surface area contributed by atoms with Gasteiger partial charge in [0.1, 0.15) is 10.5 Å². The predicted octanol–water partition coefficient (Wildman–Crippen LogP) is 4.66. The highest BCUT2D eigenvalue weighted by atomic mass is 32.2. The summed E-state index contributed by atoms with van der Waals surface area (Å²) in [7, 11) is 0. The monoisotopic (exact) mass is 388 g/mol. The highest BCUT2D eigenvalue weighted by molar-refractivity contribution is 8.02. The van der Waals surface area contributed by atoms with Gasteiger partial charge in [0, 0.05) is 12.4 Å². The van der Waals surface area contributed by atoms with Crippen LogP contribution < -0.4 is 4.74 Å². The summed E-state index contributed by atoms with van der Waals surface area (Å²) in [6, 6.07) is 9.53. The summed E-state index contributed by atoms with van der Waals surface area (Å²) in [6.45, 7) is 6.56. The fraction of sp³-hybridized carbons (Fsp3) is 0.316. The number of esters is 1. The van der Waals surface area contributed by atoms with Gasteiger partial charge < -0.3 is 9.47 Å². The molecular formula is C19H20N2O3S2. The summed E-state index contributed by atoms with van der Waals surface area (Å²) >= 11 is 2.93. The summed E-state index contributed by atoms with van der Waals surface area (Å²) in [4.78, 5) is 21.5. The normalized spacial score (nSPS) is 13.3. The lowest BCUT2D eigenvalue weighted by atomic mass is 10.0. The molecule has 2 heterocycles. The largest absolute Gasteiger partial charge is 0.494 e. The number of carbonyl (C=O) groups is 1. The standard InChI is InChI=1S/C19H20N2O3S2/c1-4-23-14-8-9-15-16(11-14)25-18(21-15)26-19(3,17(22)24-5-2)13-7-6-10-20-12-13/h6-12H,4-5H2,1-3H3. The van der Waals surface area contributed by atoms with Gasteiger partial charge in [0.15, 0.2) is 4.34 Å². The minimum atomic E-state index is -0.916. The second-order valence-electron chi connectivity index (χ2n) is 5.64. The van der Waals surface area contributed by atoms with Gasteiger partial charge >= 0.3 is 5.97 Å². The minimum Gasteiger partial charge on any atom is -0.494 e. The van der Waals surface area contributed by atoms with E-state index in [4.69, 9.17) is 9.47 Å². The Morgan fingerprint density at radius 2 is 2.12 bits per heavy atom. The van der Waals surface area contributed by atoms with Crippen LogP contribution in [0.5, 0.6) is 5.75 Å². The van der Waals surface area contributed by atoms with Crippen molar-refractivity contribution in [2.45, 2.75) is 29.9 Å². The third-order valence-corrected chi connectivity index (χ3v) is 6.21. The molecule has 0 aliphatic rings. The molecule has 0 N–H and O–H groups in total. The third-order valence-electron chi connectivity index (χ3n) is 3.82. The lowest BCUT2D eigenvalue weighted by molar-refractivity contribution is -0.145. The summed E-state index contributed by atoms with van der Waals surface area (Å²) in [5, 5.41) is 0. The van der Waals surface area contributed by atoms with Crippen molar-refractivity contribution < 1.29 is 14.3 Å². The van der Waals surface area contributed by atoms with Gasteiger partial charge in [-0.2, -0.15) is 0 Å². The molecule has 0 aliphatic heterocycles. The molecule has 0 saturated carbocycles. The molecule has 1 aromatic carbocycles. The Balaban J connectivity index is 1.96. The van der Waals surface area contributed by atoms with Crippen LogP contribution in [0.15, 0.2) is 47.1 Å². The Morgan fingerprint density at radius 3 is 2.81 bits per heavy atom. The van der Waals surface area contributed by atoms with Crippen molar-refractivity contribution in [1.82, 2.24) is 9.97 Å². The number of rotatable bonds is 7. The topological polar surface area (TPSA) is 61.3 Å². The van der Waals surface area contributed by atoms with Crippen molar-refractivity contribution in [3.63, 3.8) is 0 Å². The molecule has 136 valence electrons. The average molecular weight is 389 g/mol. The van der Waals surface area contributed by atoms with E-state index in [0.29, 0.717) is 13.2 Å². The first-order valence-corrected chi connectivity index (χ1v) is 10.00. The van der Waals surface area contributed by atoms with E-state index < -0.39 is 4.75 Å². The van der Waals surface area contributed by atoms with Crippen LogP contribution in [0.1, 0.15) is 26.3 Å². The number of nitrogens with zero attached hydrogens (tertiary/aromatic N) is 2. The fourth-order valence-electron chi connectivity index (χ4n) is 2.49.